The Bertz CT molecular complexity index is 1010. The van der Waals surface area contributed by atoms with Crippen LogP contribution >= 0.6 is 0 Å². The van der Waals surface area contributed by atoms with Crippen LogP contribution in [0.5, 0.6) is 17.2 Å². The Hall–Kier alpha value is -3.21. The highest BCUT2D eigenvalue weighted by molar-refractivity contribution is 7.90. The quantitative estimate of drug-likeness (QED) is 0.308. The maximum absolute atomic E-state index is 14.3. The van der Waals surface area contributed by atoms with Gasteiger partial charge in [0.1, 0.15) is 17.1 Å². The molecule has 2 N–H and O–H groups in total. The molecule has 28 heavy (non-hydrogen) atoms. The zero-order valence-electron chi connectivity index (χ0n) is 15.3. The van der Waals surface area contributed by atoms with Crippen LogP contribution in [-0.2, 0) is 19.4 Å². The van der Waals surface area contributed by atoms with E-state index in [-0.39, 0.29) is 34.5 Å². The van der Waals surface area contributed by atoms with Crippen LogP contribution in [-0.4, -0.2) is 43.1 Å². The van der Waals surface area contributed by atoms with E-state index in [2.05, 4.69) is 15.5 Å². The number of hydrazone groups is 1. The molecule has 0 saturated heterocycles. The van der Waals surface area contributed by atoms with Gasteiger partial charge in [0.25, 0.3) is 0 Å². The molecule has 2 aromatic rings. The second-order valence-electron chi connectivity index (χ2n) is 5.51. The van der Waals surface area contributed by atoms with Crippen molar-refractivity contribution >= 4 is 27.2 Å². The van der Waals surface area contributed by atoms with Crippen LogP contribution in [0, 0.1) is 5.82 Å². The normalized spacial score (nSPS) is 11.8. The number of phenols is 1. The number of esters is 1. The first kappa shape index (κ1) is 21.1. The predicted octanol–water partition coefficient (Wildman–Crippen LogP) is 2.47. The number of aromatic nitrogens is 1. The average Bonchev–Trinajstić information content (AvgIpc) is 2.64. The zero-order valence-corrected chi connectivity index (χ0v) is 16.1. The maximum atomic E-state index is 14.3. The summed E-state index contributed by atoms with van der Waals surface area (Å²) in [6.07, 6.45) is 2.12. The monoisotopic (exact) mass is 411 g/mol. The van der Waals surface area contributed by atoms with Crippen LogP contribution in [0.15, 0.2) is 40.6 Å². The summed E-state index contributed by atoms with van der Waals surface area (Å²) in [5.41, 5.74) is 2.26. The maximum Gasteiger partial charge on any atom is 0.354 e. The fourth-order valence-electron chi connectivity index (χ4n) is 1.91. The number of pyridine rings is 1. The molecule has 0 fully saturated rings. The molecule has 0 atom stereocenters. The van der Waals surface area contributed by atoms with Gasteiger partial charge in [-0.3, -0.25) is 5.43 Å². The Morgan fingerprint density at radius 1 is 1.32 bits per heavy atom. The molecule has 0 unspecified atom stereocenters. The van der Waals surface area contributed by atoms with Gasteiger partial charge in [0.2, 0.25) is 5.82 Å². The lowest BCUT2D eigenvalue weighted by atomic mass is 10.2. The second-order valence-corrected chi connectivity index (χ2v) is 7.47. The largest absolute Gasteiger partial charge is 0.503 e. The molecule has 9 nitrogen and oxygen atoms in total. The van der Waals surface area contributed by atoms with Crippen molar-refractivity contribution in [1.82, 2.24) is 4.98 Å². The minimum Gasteiger partial charge on any atom is -0.503 e. The molecule has 2 rings (SSSR count). The highest BCUT2D eigenvalue weighted by Gasteiger charge is 2.16. The van der Waals surface area contributed by atoms with Gasteiger partial charge in [0.15, 0.2) is 26.4 Å². The Balaban J connectivity index is 2.17. The van der Waals surface area contributed by atoms with Crippen molar-refractivity contribution in [3.63, 3.8) is 0 Å². The van der Waals surface area contributed by atoms with Crippen LogP contribution in [0.4, 0.5) is 10.1 Å². The Morgan fingerprint density at radius 2 is 2.04 bits per heavy atom. The summed E-state index contributed by atoms with van der Waals surface area (Å²) in [7, 11) is -3.47. The summed E-state index contributed by atoms with van der Waals surface area (Å²) in [5.74, 6) is -2.76. The summed E-state index contributed by atoms with van der Waals surface area (Å²) in [4.78, 5) is 15.2. The number of sulfone groups is 1. The summed E-state index contributed by atoms with van der Waals surface area (Å²) in [5, 5.41) is 13.5. The Morgan fingerprint density at radius 3 is 2.61 bits per heavy atom. The van der Waals surface area contributed by atoms with E-state index in [1.807, 2.05) is 0 Å². The molecule has 0 aliphatic heterocycles. The van der Waals surface area contributed by atoms with E-state index in [4.69, 9.17) is 9.47 Å². The van der Waals surface area contributed by atoms with Crippen molar-refractivity contribution in [3.8, 4) is 17.2 Å². The molecular weight excluding hydrogens is 393 g/mol. The SMILES string of the molecule is CCOC(=O)/C(C)=N\Nc1ccc(Oc2ccc(S(C)(=O)=O)nc2)c(F)c1O. The number of carbonyl (C=O) groups excluding carboxylic acids is 1. The van der Waals surface area contributed by atoms with E-state index < -0.39 is 27.4 Å². The van der Waals surface area contributed by atoms with Gasteiger partial charge in [-0.2, -0.15) is 9.49 Å². The van der Waals surface area contributed by atoms with Gasteiger partial charge in [-0.15, -0.1) is 0 Å². The van der Waals surface area contributed by atoms with Gasteiger partial charge in [0, 0.05) is 6.26 Å². The van der Waals surface area contributed by atoms with E-state index in [1.54, 1.807) is 6.92 Å². The lowest BCUT2D eigenvalue weighted by Gasteiger charge is -2.11. The third kappa shape index (κ3) is 5.16. The van der Waals surface area contributed by atoms with Gasteiger partial charge in [-0.05, 0) is 38.1 Å². The fourth-order valence-corrected chi connectivity index (χ4v) is 2.47. The summed E-state index contributed by atoms with van der Waals surface area (Å²) in [6, 6.07) is 5.02. The van der Waals surface area contributed by atoms with Gasteiger partial charge in [0.05, 0.1) is 12.8 Å². The molecule has 0 bridgehead atoms. The molecule has 0 aliphatic carbocycles. The minimum atomic E-state index is -3.47. The molecular formula is C17H18FN3O6S. The smallest absolute Gasteiger partial charge is 0.354 e. The molecule has 0 aliphatic rings. The third-order valence-electron chi connectivity index (χ3n) is 3.31. The summed E-state index contributed by atoms with van der Waals surface area (Å²) in [6.45, 7) is 3.21. The molecule has 1 heterocycles. The fraction of sp³-hybridized carbons (Fsp3) is 0.235. The first-order chi connectivity index (χ1) is 13.1. The number of phenolic OH excluding ortho intramolecular Hbond substituents is 1. The number of nitrogens with one attached hydrogen (secondary N) is 1. The van der Waals surface area contributed by atoms with Crippen molar-refractivity contribution in [1.29, 1.82) is 0 Å². The molecule has 0 spiro atoms. The van der Waals surface area contributed by atoms with E-state index in [0.717, 1.165) is 12.5 Å². The molecule has 150 valence electrons. The standard InChI is InChI=1S/C17H18FN3O6S/c1-4-26-17(23)10(2)20-21-12-6-7-13(15(18)16(12)22)27-11-5-8-14(19-9-11)28(3,24)25/h5-9,21-22H,4H2,1-3H3/b20-10-. The van der Waals surface area contributed by atoms with Crippen molar-refractivity contribution in [2.24, 2.45) is 5.10 Å². The minimum absolute atomic E-state index is 0.0148. The van der Waals surface area contributed by atoms with Gasteiger partial charge >= 0.3 is 5.97 Å². The molecule has 1 aromatic carbocycles. The number of halogens is 1. The van der Waals surface area contributed by atoms with Gasteiger partial charge in [-0.25, -0.2) is 18.2 Å². The number of hydrogen-bond acceptors (Lipinski definition) is 9. The van der Waals surface area contributed by atoms with Crippen LogP contribution in [0.2, 0.25) is 0 Å². The van der Waals surface area contributed by atoms with E-state index in [1.165, 1.54) is 31.2 Å². The third-order valence-corrected chi connectivity index (χ3v) is 4.31. The number of ether oxygens (including phenoxy) is 2. The number of aromatic hydroxyl groups is 1. The van der Waals surface area contributed by atoms with Crippen LogP contribution < -0.4 is 10.2 Å². The molecule has 0 radical (unpaired) electrons. The summed E-state index contributed by atoms with van der Waals surface area (Å²) >= 11 is 0. The predicted molar refractivity (Wildman–Crippen MR) is 98.9 cm³/mol. The molecule has 0 amide bonds. The van der Waals surface area contributed by atoms with Gasteiger partial charge < -0.3 is 14.6 Å². The van der Waals surface area contributed by atoms with Crippen molar-refractivity contribution in [2.45, 2.75) is 18.9 Å². The second kappa shape index (κ2) is 8.65. The van der Waals surface area contributed by atoms with Crippen molar-refractivity contribution in [2.75, 3.05) is 18.3 Å². The highest BCUT2D eigenvalue weighted by Crippen LogP contribution is 2.35. The van der Waals surface area contributed by atoms with Gasteiger partial charge in [-0.1, -0.05) is 0 Å². The number of anilines is 1. The molecule has 0 saturated carbocycles. The highest BCUT2D eigenvalue weighted by atomic mass is 32.2. The lowest BCUT2D eigenvalue weighted by Crippen LogP contribution is -2.15. The summed E-state index contributed by atoms with van der Waals surface area (Å²) < 4.78 is 47.1. The van der Waals surface area contributed by atoms with Crippen LogP contribution in [0.3, 0.4) is 0 Å². The first-order valence-corrected chi connectivity index (χ1v) is 9.85. The number of rotatable bonds is 7. The van der Waals surface area contributed by atoms with E-state index >= 15 is 0 Å². The van der Waals surface area contributed by atoms with Crippen LogP contribution in [0.25, 0.3) is 0 Å². The topological polar surface area (TPSA) is 127 Å². The lowest BCUT2D eigenvalue weighted by molar-refractivity contribution is -0.135. The van der Waals surface area contributed by atoms with Crippen molar-refractivity contribution in [3.05, 3.63) is 36.3 Å². The van der Waals surface area contributed by atoms with Crippen molar-refractivity contribution < 1.29 is 32.2 Å². The molecule has 11 heteroatoms. The number of nitrogens with zero attached hydrogens (tertiary/aromatic N) is 2. The van der Waals surface area contributed by atoms with E-state index in [0.29, 0.717) is 0 Å². The number of hydrogen-bond donors (Lipinski definition) is 2. The average molecular weight is 411 g/mol. The zero-order chi connectivity index (χ0) is 20.9. The molecule has 1 aromatic heterocycles. The Kier molecular flexibility index (Phi) is 6.52. The first-order valence-electron chi connectivity index (χ1n) is 7.96. The number of carbonyl (C=O) groups is 1. The number of benzene rings is 1. The Labute approximate surface area is 160 Å². The van der Waals surface area contributed by atoms with Crippen LogP contribution in [0.1, 0.15) is 13.8 Å². The van der Waals surface area contributed by atoms with E-state index in [9.17, 15) is 22.7 Å².